The van der Waals surface area contributed by atoms with Crippen molar-refractivity contribution in [3.8, 4) is 0 Å². The molecule has 0 aliphatic rings. The Balaban J connectivity index is 1.46. The summed E-state index contributed by atoms with van der Waals surface area (Å²) in [6.07, 6.45) is 2.47. The molecule has 5 nitrogen and oxygen atoms in total. The summed E-state index contributed by atoms with van der Waals surface area (Å²) in [7, 11) is 0. The monoisotopic (exact) mass is 360 g/mol. The number of fused-ring (bicyclic) bond motifs is 2. The van der Waals surface area contributed by atoms with Crippen molar-refractivity contribution in [3.63, 3.8) is 0 Å². The van der Waals surface area contributed by atoms with Gasteiger partial charge in [-0.05, 0) is 35.6 Å². The number of aryl methyl sites for hydroxylation is 1. The van der Waals surface area contributed by atoms with Crippen LogP contribution in [0.4, 0.5) is 0 Å². The van der Waals surface area contributed by atoms with Gasteiger partial charge in [0.15, 0.2) is 0 Å². The van der Waals surface area contributed by atoms with E-state index in [2.05, 4.69) is 51.9 Å². The van der Waals surface area contributed by atoms with Crippen molar-refractivity contribution >= 4 is 27.8 Å². The zero-order valence-electron chi connectivity index (χ0n) is 15.6. The number of carbonyl (C=O) groups excluding carboxylic acids is 1. The van der Waals surface area contributed by atoms with Crippen molar-refractivity contribution in [2.75, 3.05) is 0 Å². The Morgan fingerprint density at radius 1 is 1.11 bits per heavy atom. The third-order valence-electron chi connectivity index (χ3n) is 4.95. The molecule has 5 heteroatoms. The molecule has 0 saturated heterocycles. The van der Waals surface area contributed by atoms with Gasteiger partial charge in [0.1, 0.15) is 5.82 Å². The molecule has 0 spiro atoms. The van der Waals surface area contributed by atoms with Crippen molar-refractivity contribution in [2.24, 2.45) is 5.92 Å². The molecule has 0 bridgehead atoms. The molecule has 0 saturated carbocycles. The van der Waals surface area contributed by atoms with Crippen LogP contribution in [-0.4, -0.2) is 20.4 Å². The van der Waals surface area contributed by atoms with Crippen molar-refractivity contribution in [3.05, 3.63) is 66.6 Å². The summed E-state index contributed by atoms with van der Waals surface area (Å²) in [4.78, 5) is 20.6. The molecule has 2 heterocycles. The molecule has 0 fully saturated rings. The molecule has 0 radical (unpaired) electrons. The zero-order valence-corrected chi connectivity index (χ0v) is 15.6. The lowest BCUT2D eigenvalue weighted by Crippen LogP contribution is -2.33. The van der Waals surface area contributed by atoms with Crippen LogP contribution in [0.15, 0.2) is 60.8 Å². The molecule has 4 rings (SSSR count). The third kappa shape index (κ3) is 3.58. The number of carbonyl (C=O) groups is 1. The average Bonchev–Trinajstić information content (AvgIpc) is 3.28. The number of amides is 1. The Hall–Kier alpha value is -3.08. The highest BCUT2D eigenvalue weighted by molar-refractivity contribution is 5.81. The molecule has 0 unspecified atom stereocenters. The molecule has 2 aromatic carbocycles. The van der Waals surface area contributed by atoms with Crippen LogP contribution < -0.4 is 5.32 Å². The van der Waals surface area contributed by atoms with Gasteiger partial charge in [0.05, 0.1) is 17.1 Å². The fourth-order valence-electron chi connectivity index (χ4n) is 3.47. The minimum absolute atomic E-state index is 0.0342. The molecule has 2 aromatic heterocycles. The average molecular weight is 360 g/mol. The first kappa shape index (κ1) is 17.3. The maximum Gasteiger partial charge on any atom is 0.222 e. The van der Waals surface area contributed by atoms with Crippen molar-refractivity contribution in [1.29, 1.82) is 0 Å². The van der Waals surface area contributed by atoms with Gasteiger partial charge in [0.25, 0.3) is 0 Å². The van der Waals surface area contributed by atoms with Crippen molar-refractivity contribution in [2.45, 2.75) is 32.9 Å². The highest BCUT2D eigenvalue weighted by Crippen LogP contribution is 2.22. The third-order valence-corrected chi connectivity index (χ3v) is 4.95. The highest BCUT2D eigenvalue weighted by atomic mass is 16.1. The largest absolute Gasteiger partial charge is 0.347 e. The van der Waals surface area contributed by atoms with E-state index in [0.29, 0.717) is 13.0 Å². The maximum absolute atomic E-state index is 12.6. The summed E-state index contributed by atoms with van der Waals surface area (Å²) in [5, 5.41) is 4.35. The summed E-state index contributed by atoms with van der Waals surface area (Å²) < 4.78 is 2.13. The number of rotatable bonds is 6. The quantitative estimate of drug-likeness (QED) is 0.535. The van der Waals surface area contributed by atoms with Crippen LogP contribution in [0.2, 0.25) is 0 Å². The molecule has 2 N–H and O–H groups in total. The molecule has 1 atom stereocenters. The lowest BCUT2D eigenvalue weighted by Gasteiger charge is -2.20. The number of para-hydroxylation sites is 3. The SMILES string of the molecule is CC(C)[C@H](NC(=O)CCn1ccc2ccccc21)c1nc2ccccc2[nH]1. The van der Waals surface area contributed by atoms with Crippen LogP contribution in [0.25, 0.3) is 21.9 Å². The first-order valence-electron chi connectivity index (χ1n) is 9.40. The number of H-pyrrole nitrogens is 1. The molecule has 0 aliphatic carbocycles. The second-order valence-electron chi connectivity index (χ2n) is 7.25. The number of nitrogens with one attached hydrogen (secondary N) is 2. The lowest BCUT2D eigenvalue weighted by molar-refractivity contribution is -0.122. The first-order chi connectivity index (χ1) is 13.1. The minimum Gasteiger partial charge on any atom is -0.347 e. The predicted molar refractivity (Wildman–Crippen MR) is 108 cm³/mol. The van der Waals surface area contributed by atoms with Crippen LogP contribution in [0, 0.1) is 5.92 Å². The summed E-state index contributed by atoms with van der Waals surface area (Å²) in [6, 6.07) is 18.1. The fraction of sp³-hybridized carbons (Fsp3) is 0.273. The van der Waals surface area contributed by atoms with Crippen LogP contribution in [-0.2, 0) is 11.3 Å². The zero-order chi connectivity index (χ0) is 18.8. The second-order valence-corrected chi connectivity index (χ2v) is 7.25. The number of hydrogen-bond acceptors (Lipinski definition) is 2. The van der Waals surface area contributed by atoms with E-state index < -0.39 is 0 Å². The molecular weight excluding hydrogens is 336 g/mol. The molecular formula is C22H24N4O. The number of aromatic amines is 1. The van der Waals surface area contributed by atoms with Crippen molar-refractivity contribution in [1.82, 2.24) is 19.9 Å². The summed E-state index contributed by atoms with van der Waals surface area (Å²) in [5.74, 6) is 1.08. The van der Waals surface area contributed by atoms with Gasteiger partial charge in [-0.15, -0.1) is 0 Å². The highest BCUT2D eigenvalue weighted by Gasteiger charge is 2.21. The number of aromatic nitrogens is 3. The Morgan fingerprint density at radius 2 is 1.89 bits per heavy atom. The second kappa shape index (κ2) is 7.27. The van der Waals surface area contributed by atoms with Gasteiger partial charge in [-0.3, -0.25) is 4.79 Å². The number of benzene rings is 2. The fourth-order valence-corrected chi connectivity index (χ4v) is 3.47. The summed E-state index contributed by atoms with van der Waals surface area (Å²) >= 11 is 0. The number of hydrogen-bond donors (Lipinski definition) is 2. The Kier molecular flexibility index (Phi) is 4.67. The number of imidazole rings is 1. The van der Waals surface area contributed by atoms with E-state index in [1.807, 2.05) is 42.6 Å². The minimum atomic E-state index is -0.133. The number of nitrogens with zero attached hydrogens (tertiary/aromatic N) is 2. The van der Waals surface area contributed by atoms with Gasteiger partial charge < -0.3 is 14.9 Å². The van der Waals surface area contributed by atoms with Gasteiger partial charge in [-0.25, -0.2) is 4.98 Å². The van der Waals surface area contributed by atoms with E-state index in [-0.39, 0.29) is 17.9 Å². The molecule has 27 heavy (non-hydrogen) atoms. The van der Waals surface area contributed by atoms with E-state index in [0.717, 1.165) is 22.4 Å². The van der Waals surface area contributed by atoms with E-state index in [1.165, 1.54) is 5.39 Å². The van der Waals surface area contributed by atoms with Gasteiger partial charge in [0, 0.05) is 24.7 Å². The topological polar surface area (TPSA) is 62.7 Å². The lowest BCUT2D eigenvalue weighted by atomic mass is 10.0. The Labute approximate surface area is 158 Å². The predicted octanol–water partition coefficient (Wildman–Crippen LogP) is 4.42. The van der Waals surface area contributed by atoms with Gasteiger partial charge in [0.2, 0.25) is 5.91 Å². The van der Waals surface area contributed by atoms with Crippen LogP contribution in [0.1, 0.15) is 32.1 Å². The first-order valence-corrected chi connectivity index (χ1v) is 9.40. The Bertz CT molecular complexity index is 1040. The summed E-state index contributed by atoms with van der Waals surface area (Å²) in [5.41, 5.74) is 3.07. The summed E-state index contributed by atoms with van der Waals surface area (Å²) in [6.45, 7) is 4.85. The van der Waals surface area contributed by atoms with Crippen LogP contribution in [0.5, 0.6) is 0 Å². The Morgan fingerprint density at radius 3 is 2.70 bits per heavy atom. The van der Waals surface area contributed by atoms with Crippen LogP contribution in [0.3, 0.4) is 0 Å². The van der Waals surface area contributed by atoms with E-state index in [9.17, 15) is 4.79 Å². The van der Waals surface area contributed by atoms with E-state index in [4.69, 9.17) is 0 Å². The smallest absolute Gasteiger partial charge is 0.222 e. The maximum atomic E-state index is 12.6. The molecule has 0 aliphatic heterocycles. The normalized spacial score (nSPS) is 12.7. The molecule has 4 aromatic rings. The van der Waals surface area contributed by atoms with E-state index >= 15 is 0 Å². The molecule has 138 valence electrons. The van der Waals surface area contributed by atoms with Gasteiger partial charge >= 0.3 is 0 Å². The molecule has 1 amide bonds. The van der Waals surface area contributed by atoms with Crippen LogP contribution >= 0.6 is 0 Å². The standard InChI is InChI=1S/C22H24N4O/c1-15(2)21(22-23-17-8-4-5-9-18(17)24-22)25-20(27)12-14-26-13-11-16-7-3-6-10-19(16)26/h3-11,13,15,21H,12,14H2,1-2H3,(H,23,24)(H,25,27)/t21-/m0/s1. The van der Waals surface area contributed by atoms with Gasteiger partial charge in [-0.1, -0.05) is 44.2 Å². The van der Waals surface area contributed by atoms with Crippen molar-refractivity contribution < 1.29 is 4.79 Å². The van der Waals surface area contributed by atoms with E-state index in [1.54, 1.807) is 0 Å². The van der Waals surface area contributed by atoms with Gasteiger partial charge in [-0.2, -0.15) is 0 Å².